The molecule has 178 valence electrons. The van der Waals surface area contributed by atoms with Gasteiger partial charge in [-0.15, -0.1) is 0 Å². The lowest BCUT2D eigenvalue weighted by atomic mass is 10.0. The van der Waals surface area contributed by atoms with Gasteiger partial charge in [0.05, 0.1) is 18.5 Å². The molecule has 2 aromatic carbocycles. The van der Waals surface area contributed by atoms with Gasteiger partial charge >= 0.3 is 0 Å². The maximum atomic E-state index is 14.2. The molecule has 0 amide bonds. The van der Waals surface area contributed by atoms with Gasteiger partial charge < -0.3 is 20.1 Å². The number of para-hydroxylation sites is 1. The van der Waals surface area contributed by atoms with Crippen LogP contribution in [0.15, 0.2) is 47.6 Å². The molecule has 0 unspecified atom stereocenters. The Kier molecular flexibility index (Phi) is 7.36. The number of ether oxygens (including phenoxy) is 1. The normalized spacial score (nSPS) is 16.0. The number of piperidine rings is 1. The molecule has 4 rings (SSSR count). The number of halogens is 1. The monoisotopic (exact) mass is 465 g/mol. The summed E-state index contributed by atoms with van der Waals surface area (Å²) >= 11 is 0. The summed E-state index contributed by atoms with van der Waals surface area (Å²) < 4.78 is 19.6. The molecule has 34 heavy (non-hydrogen) atoms. The van der Waals surface area contributed by atoms with E-state index in [0.717, 1.165) is 31.4 Å². The summed E-state index contributed by atoms with van der Waals surface area (Å²) in [4.78, 5) is 15.6. The zero-order chi connectivity index (χ0) is 23.9. The Balaban J connectivity index is 1.59. The minimum Gasteiger partial charge on any atom is -0.504 e. The van der Waals surface area contributed by atoms with E-state index in [1.165, 1.54) is 6.07 Å². The number of phenols is 1. The van der Waals surface area contributed by atoms with Gasteiger partial charge in [0.2, 0.25) is 17.8 Å². The number of phenolic OH excluding ortho intramolecular Hbond substituents is 1. The molecule has 1 aliphatic heterocycles. The van der Waals surface area contributed by atoms with Gasteiger partial charge in [0.1, 0.15) is 5.82 Å². The van der Waals surface area contributed by atoms with E-state index in [4.69, 9.17) is 4.74 Å². The largest absolute Gasteiger partial charge is 0.504 e. The average molecular weight is 466 g/mol. The van der Waals surface area contributed by atoms with Crippen LogP contribution in [0.25, 0.3) is 0 Å². The lowest BCUT2D eigenvalue weighted by molar-refractivity contribution is 0.318. The third kappa shape index (κ3) is 5.69. The van der Waals surface area contributed by atoms with Crippen molar-refractivity contribution in [2.75, 3.05) is 28.8 Å². The van der Waals surface area contributed by atoms with E-state index in [-0.39, 0.29) is 29.4 Å². The summed E-state index contributed by atoms with van der Waals surface area (Å²) in [5.74, 6) is 0.983. The van der Waals surface area contributed by atoms with Crippen molar-refractivity contribution >= 4 is 29.7 Å². The molecule has 3 aromatic rings. The number of aromatic hydroxyl groups is 1. The van der Waals surface area contributed by atoms with Gasteiger partial charge in [0.15, 0.2) is 11.5 Å². The van der Waals surface area contributed by atoms with Crippen molar-refractivity contribution in [3.63, 3.8) is 0 Å². The lowest BCUT2D eigenvalue weighted by Gasteiger charge is -2.33. The molecule has 0 radical (unpaired) electrons. The predicted octanol–water partition coefficient (Wildman–Crippen LogP) is 4.68. The SMILES string of the molecule is CCOc1cc(/C=N\Nc2nc(Nc3ccccc3F)nc(N3CCCC[C@H]3C)n2)ccc1O. The van der Waals surface area contributed by atoms with E-state index >= 15 is 0 Å². The molecule has 1 aliphatic rings. The van der Waals surface area contributed by atoms with Crippen molar-refractivity contribution < 1.29 is 14.2 Å². The standard InChI is InChI=1S/C24H28FN7O2/c1-3-34-21-14-17(11-12-20(21)33)15-26-31-23-28-22(27-19-10-5-4-9-18(19)25)29-24(30-23)32-13-7-6-8-16(32)2/h4-5,9-12,14-16,33H,3,6-8,13H2,1-2H3,(H2,27,28,29,30,31)/b26-15-/t16-/m1/s1. The summed E-state index contributed by atoms with van der Waals surface area (Å²) in [5, 5.41) is 17.0. The van der Waals surface area contributed by atoms with Crippen molar-refractivity contribution in [1.82, 2.24) is 15.0 Å². The van der Waals surface area contributed by atoms with Crippen molar-refractivity contribution in [3.8, 4) is 11.5 Å². The third-order valence-corrected chi connectivity index (χ3v) is 5.47. The second-order valence-corrected chi connectivity index (χ2v) is 7.96. The van der Waals surface area contributed by atoms with E-state index in [9.17, 15) is 9.50 Å². The third-order valence-electron chi connectivity index (χ3n) is 5.47. The smallest absolute Gasteiger partial charge is 0.250 e. The summed E-state index contributed by atoms with van der Waals surface area (Å²) in [6.45, 7) is 5.25. The fourth-order valence-electron chi connectivity index (χ4n) is 3.72. The number of anilines is 4. The Hall–Kier alpha value is -3.95. The average Bonchev–Trinajstić information content (AvgIpc) is 2.83. The van der Waals surface area contributed by atoms with E-state index in [2.05, 4.69) is 42.6 Å². The highest BCUT2D eigenvalue weighted by molar-refractivity contribution is 5.81. The van der Waals surface area contributed by atoms with Crippen LogP contribution in [-0.2, 0) is 0 Å². The Morgan fingerprint density at radius 2 is 2.00 bits per heavy atom. The molecule has 9 nitrogen and oxygen atoms in total. The molecule has 0 saturated carbocycles. The second-order valence-electron chi connectivity index (χ2n) is 7.96. The maximum Gasteiger partial charge on any atom is 0.250 e. The Morgan fingerprint density at radius 3 is 2.79 bits per heavy atom. The van der Waals surface area contributed by atoms with Crippen LogP contribution < -0.4 is 20.4 Å². The van der Waals surface area contributed by atoms with Crippen LogP contribution in [-0.4, -0.2) is 45.5 Å². The second kappa shape index (κ2) is 10.8. The number of nitrogens with one attached hydrogen (secondary N) is 2. The summed E-state index contributed by atoms with van der Waals surface area (Å²) in [7, 11) is 0. The van der Waals surface area contributed by atoms with Gasteiger partial charge in [-0.25, -0.2) is 9.82 Å². The molecule has 1 saturated heterocycles. The van der Waals surface area contributed by atoms with Crippen LogP contribution in [0.5, 0.6) is 11.5 Å². The summed E-state index contributed by atoms with van der Waals surface area (Å²) in [6, 6.07) is 11.6. The summed E-state index contributed by atoms with van der Waals surface area (Å²) in [5.41, 5.74) is 3.83. The molecular weight excluding hydrogens is 437 g/mol. The molecule has 1 atom stereocenters. The van der Waals surface area contributed by atoms with Crippen molar-refractivity contribution in [3.05, 3.63) is 53.8 Å². The quantitative estimate of drug-likeness (QED) is 0.325. The Morgan fingerprint density at radius 1 is 1.18 bits per heavy atom. The zero-order valence-electron chi connectivity index (χ0n) is 19.2. The molecule has 10 heteroatoms. The number of hydrazone groups is 1. The van der Waals surface area contributed by atoms with Crippen LogP contribution in [0.2, 0.25) is 0 Å². The number of rotatable bonds is 8. The van der Waals surface area contributed by atoms with Crippen molar-refractivity contribution in [2.45, 2.75) is 39.2 Å². The fraction of sp³-hybridized carbons (Fsp3) is 0.333. The highest BCUT2D eigenvalue weighted by Gasteiger charge is 2.22. The van der Waals surface area contributed by atoms with Gasteiger partial charge in [0.25, 0.3) is 0 Å². The topological polar surface area (TPSA) is 108 Å². The molecule has 0 bridgehead atoms. The molecule has 0 aliphatic carbocycles. The van der Waals surface area contributed by atoms with E-state index < -0.39 is 5.82 Å². The Bertz CT molecular complexity index is 1160. The van der Waals surface area contributed by atoms with Gasteiger partial charge in [-0.1, -0.05) is 12.1 Å². The Labute approximate surface area is 197 Å². The highest BCUT2D eigenvalue weighted by atomic mass is 19.1. The first kappa shape index (κ1) is 23.2. The van der Waals surface area contributed by atoms with Crippen LogP contribution in [0.3, 0.4) is 0 Å². The maximum absolute atomic E-state index is 14.2. The molecule has 1 fully saturated rings. The number of hydrogen-bond donors (Lipinski definition) is 3. The predicted molar refractivity (Wildman–Crippen MR) is 131 cm³/mol. The number of nitrogens with zero attached hydrogens (tertiary/aromatic N) is 5. The van der Waals surface area contributed by atoms with Gasteiger partial charge in [0, 0.05) is 12.6 Å². The highest BCUT2D eigenvalue weighted by Crippen LogP contribution is 2.27. The fourth-order valence-corrected chi connectivity index (χ4v) is 3.72. The molecule has 1 aromatic heterocycles. The van der Waals surface area contributed by atoms with Crippen LogP contribution in [0.1, 0.15) is 38.7 Å². The number of hydrogen-bond acceptors (Lipinski definition) is 9. The number of benzene rings is 2. The number of aromatic nitrogens is 3. The molecule has 0 spiro atoms. The molecule has 2 heterocycles. The minimum atomic E-state index is -0.402. The first-order valence-electron chi connectivity index (χ1n) is 11.3. The zero-order valence-corrected chi connectivity index (χ0v) is 19.2. The molecular formula is C24H28FN7O2. The first-order valence-corrected chi connectivity index (χ1v) is 11.3. The van der Waals surface area contributed by atoms with Crippen LogP contribution in [0, 0.1) is 5.82 Å². The van der Waals surface area contributed by atoms with Gasteiger partial charge in [-0.2, -0.15) is 20.1 Å². The molecule has 3 N–H and O–H groups in total. The van der Waals surface area contributed by atoms with E-state index in [1.54, 1.807) is 42.6 Å². The van der Waals surface area contributed by atoms with Gasteiger partial charge in [-0.05, 0) is 69.0 Å². The van der Waals surface area contributed by atoms with E-state index in [1.807, 2.05) is 6.92 Å². The van der Waals surface area contributed by atoms with Gasteiger partial charge in [-0.3, -0.25) is 0 Å². The van der Waals surface area contributed by atoms with Crippen molar-refractivity contribution in [1.29, 1.82) is 0 Å². The van der Waals surface area contributed by atoms with Crippen molar-refractivity contribution in [2.24, 2.45) is 5.10 Å². The van der Waals surface area contributed by atoms with Crippen LogP contribution in [0.4, 0.5) is 27.9 Å². The first-order chi connectivity index (χ1) is 16.5. The lowest BCUT2D eigenvalue weighted by Crippen LogP contribution is -2.38. The summed E-state index contributed by atoms with van der Waals surface area (Å²) in [6.07, 6.45) is 4.83. The minimum absolute atomic E-state index is 0.0635. The van der Waals surface area contributed by atoms with E-state index in [0.29, 0.717) is 18.3 Å². The van der Waals surface area contributed by atoms with Crippen LogP contribution >= 0.6 is 0 Å².